The molecule has 1 aliphatic rings. The van der Waals surface area contributed by atoms with Gasteiger partial charge >= 0.3 is 5.63 Å². The molecule has 2 aromatic heterocycles. The zero-order chi connectivity index (χ0) is 23.3. The average molecular weight is 464 g/mol. The van der Waals surface area contributed by atoms with E-state index < -0.39 is 27.4 Å². The van der Waals surface area contributed by atoms with Gasteiger partial charge in [-0.15, -0.1) is 0 Å². The van der Waals surface area contributed by atoms with Gasteiger partial charge in [-0.05, 0) is 37.1 Å². The van der Waals surface area contributed by atoms with Crippen LogP contribution in [0.5, 0.6) is 0 Å². The van der Waals surface area contributed by atoms with E-state index in [2.05, 4.69) is 5.32 Å². The van der Waals surface area contributed by atoms with E-state index >= 15 is 0 Å². The Bertz CT molecular complexity index is 1610. The van der Waals surface area contributed by atoms with Gasteiger partial charge in [0.05, 0.1) is 23.8 Å². The first-order valence-electron chi connectivity index (χ1n) is 10.5. The number of carbonyl (C=O) groups excluding carboxylic acids is 1. The van der Waals surface area contributed by atoms with Crippen LogP contribution in [0, 0.1) is 13.8 Å². The summed E-state index contributed by atoms with van der Waals surface area (Å²) in [6, 6.07) is 12.9. The maximum atomic E-state index is 12.7. The first kappa shape index (κ1) is 21.2. The van der Waals surface area contributed by atoms with Gasteiger partial charge in [0, 0.05) is 27.8 Å². The molecule has 1 atom stereocenters. The standard InChI is InChI=1S/C25H21NO6S/c1-14-18-10-20-22(31-15(2)24(20)16-6-4-3-5-7-16)12-21(18)32-25(28)19(14)11-23(27)26-17-8-9-33(29,30)13-17/h3-10,12,17H,11,13H2,1-2H3,(H,26,27)/t17-/m0/s1. The van der Waals surface area contributed by atoms with Gasteiger partial charge in [0.25, 0.3) is 0 Å². The molecule has 5 rings (SSSR count). The fourth-order valence-corrected chi connectivity index (χ4v) is 5.59. The molecule has 8 heteroatoms. The van der Waals surface area contributed by atoms with E-state index in [1.807, 2.05) is 43.3 Å². The Hall–Kier alpha value is -3.65. The minimum Gasteiger partial charge on any atom is -0.461 e. The second kappa shape index (κ2) is 7.74. The average Bonchev–Trinajstić information content (AvgIpc) is 3.27. The van der Waals surface area contributed by atoms with Gasteiger partial charge in [-0.25, -0.2) is 13.2 Å². The van der Waals surface area contributed by atoms with E-state index in [0.29, 0.717) is 22.1 Å². The van der Waals surface area contributed by atoms with Crippen molar-refractivity contribution in [3.8, 4) is 11.1 Å². The van der Waals surface area contributed by atoms with Crippen molar-refractivity contribution in [2.75, 3.05) is 5.75 Å². The number of aryl methyl sites for hydroxylation is 2. The third kappa shape index (κ3) is 3.87. The van der Waals surface area contributed by atoms with Gasteiger partial charge in [0.15, 0.2) is 9.84 Å². The quantitative estimate of drug-likeness (QED) is 0.462. The number of carbonyl (C=O) groups is 1. The van der Waals surface area contributed by atoms with Crippen LogP contribution in [0.25, 0.3) is 33.1 Å². The summed E-state index contributed by atoms with van der Waals surface area (Å²) in [5, 5.41) is 5.34. The summed E-state index contributed by atoms with van der Waals surface area (Å²) in [5.74, 6) is 0.136. The second-order valence-corrected chi connectivity index (χ2v) is 10.2. The van der Waals surface area contributed by atoms with Gasteiger partial charge in [-0.2, -0.15) is 0 Å². The predicted molar refractivity (Wildman–Crippen MR) is 126 cm³/mol. The molecule has 0 unspecified atom stereocenters. The van der Waals surface area contributed by atoms with Gasteiger partial charge < -0.3 is 14.2 Å². The molecule has 33 heavy (non-hydrogen) atoms. The number of sulfone groups is 1. The van der Waals surface area contributed by atoms with E-state index in [1.165, 1.54) is 6.08 Å². The third-order valence-electron chi connectivity index (χ3n) is 5.95. The summed E-state index contributed by atoms with van der Waals surface area (Å²) in [6.07, 6.45) is 1.23. The van der Waals surface area contributed by atoms with Crippen LogP contribution in [0.3, 0.4) is 0 Å². The molecule has 0 aliphatic carbocycles. The lowest BCUT2D eigenvalue weighted by Crippen LogP contribution is -2.37. The van der Waals surface area contributed by atoms with E-state index in [-0.39, 0.29) is 17.7 Å². The lowest BCUT2D eigenvalue weighted by molar-refractivity contribution is -0.120. The number of hydrogen-bond acceptors (Lipinski definition) is 6. The van der Waals surface area contributed by atoms with Crippen molar-refractivity contribution in [2.24, 2.45) is 0 Å². The van der Waals surface area contributed by atoms with Gasteiger partial charge in [-0.3, -0.25) is 4.79 Å². The molecule has 0 bridgehead atoms. The van der Waals surface area contributed by atoms with Crippen molar-refractivity contribution in [3.63, 3.8) is 0 Å². The van der Waals surface area contributed by atoms with Crippen LogP contribution in [0.1, 0.15) is 16.9 Å². The molecule has 2 aromatic carbocycles. The van der Waals surface area contributed by atoms with E-state index in [9.17, 15) is 18.0 Å². The van der Waals surface area contributed by atoms with Crippen molar-refractivity contribution < 1.29 is 22.0 Å². The fourth-order valence-electron chi connectivity index (χ4n) is 4.35. The third-order valence-corrected chi connectivity index (χ3v) is 7.34. The SMILES string of the molecule is Cc1oc2cc3oc(=O)c(CC(=O)N[C@H]4C=CS(=O)(=O)C4)c(C)c3cc2c1-c1ccccc1. The Labute approximate surface area is 189 Å². The van der Waals surface area contributed by atoms with Crippen LogP contribution in [-0.2, 0) is 21.1 Å². The van der Waals surface area contributed by atoms with Crippen molar-refractivity contribution in [2.45, 2.75) is 26.3 Å². The first-order chi connectivity index (χ1) is 15.7. The lowest BCUT2D eigenvalue weighted by atomic mass is 9.98. The van der Waals surface area contributed by atoms with E-state index in [0.717, 1.165) is 27.7 Å². The van der Waals surface area contributed by atoms with Gasteiger partial charge in [0.1, 0.15) is 16.9 Å². The summed E-state index contributed by atoms with van der Waals surface area (Å²) in [6.45, 7) is 3.67. The smallest absolute Gasteiger partial charge is 0.340 e. The largest absolute Gasteiger partial charge is 0.461 e. The maximum absolute atomic E-state index is 12.7. The van der Waals surface area contributed by atoms with Crippen molar-refractivity contribution in [3.05, 3.63) is 81.3 Å². The summed E-state index contributed by atoms with van der Waals surface area (Å²) in [4.78, 5) is 25.2. The Morgan fingerprint density at radius 2 is 1.79 bits per heavy atom. The monoisotopic (exact) mass is 463 g/mol. The molecule has 4 aromatic rings. The highest BCUT2D eigenvalue weighted by atomic mass is 32.2. The van der Waals surface area contributed by atoms with Crippen LogP contribution in [0.4, 0.5) is 0 Å². The second-order valence-electron chi connectivity index (χ2n) is 8.25. The van der Waals surface area contributed by atoms with Crippen LogP contribution in [0.2, 0.25) is 0 Å². The molecule has 1 amide bonds. The summed E-state index contributed by atoms with van der Waals surface area (Å²) in [7, 11) is -3.29. The Balaban J connectivity index is 1.55. The van der Waals surface area contributed by atoms with Crippen molar-refractivity contribution in [1.82, 2.24) is 5.32 Å². The zero-order valence-electron chi connectivity index (χ0n) is 18.0. The number of furan rings is 1. The first-order valence-corrected chi connectivity index (χ1v) is 12.2. The summed E-state index contributed by atoms with van der Waals surface area (Å²) < 4.78 is 34.6. The van der Waals surface area contributed by atoms with Crippen LogP contribution < -0.4 is 10.9 Å². The summed E-state index contributed by atoms with van der Waals surface area (Å²) in [5.41, 5.74) is 3.26. The van der Waals surface area contributed by atoms with Crippen LogP contribution >= 0.6 is 0 Å². The van der Waals surface area contributed by atoms with Crippen LogP contribution in [-0.4, -0.2) is 26.1 Å². The molecule has 0 saturated carbocycles. The highest BCUT2D eigenvalue weighted by Crippen LogP contribution is 2.37. The molecule has 7 nitrogen and oxygen atoms in total. The summed E-state index contributed by atoms with van der Waals surface area (Å²) >= 11 is 0. The minimum absolute atomic E-state index is 0.176. The van der Waals surface area contributed by atoms with Crippen LogP contribution in [0.15, 0.2) is 67.6 Å². The molecule has 0 radical (unpaired) electrons. The highest BCUT2D eigenvalue weighted by Gasteiger charge is 2.24. The lowest BCUT2D eigenvalue weighted by Gasteiger charge is -2.11. The topological polar surface area (TPSA) is 107 Å². The normalized spacial score (nSPS) is 17.1. The number of benzene rings is 2. The number of nitrogens with one attached hydrogen (secondary N) is 1. The maximum Gasteiger partial charge on any atom is 0.340 e. The highest BCUT2D eigenvalue weighted by molar-refractivity contribution is 7.94. The molecule has 0 fully saturated rings. The Morgan fingerprint density at radius 3 is 2.48 bits per heavy atom. The Morgan fingerprint density at radius 1 is 1.06 bits per heavy atom. The number of hydrogen-bond donors (Lipinski definition) is 1. The van der Waals surface area contributed by atoms with E-state index in [4.69, 9.17) is 8.83 Å². The van der Waals surface area contributed by atoms with Crippen molar-refractivity contribution >= 4 is 37.7 Å². The molecule has 3 heterocycles. The van der Waals surface area contributed by atoms with E-state index in [1.54, 1.807) is 13.0 Å². The minimum atomic E-state index is -3.29. The molecule has 0 saturated heterocycles. The molecular weight excluding hydrogens is 442 g/mol. The van der Waals surface area contributed by atoms with Crippen molar-refractivity contribution in [1.29, 1.82) is 0 Å². The molecule has 1 N–H and O–H groups in total. The zero-order valence-corrected chi connectivity index (χ0v) is 18.9. The van der Waals surface area contributed by atoms with Gasteiger partial charge in [0.2, 0.25) is 5.91 Å². The fraction of sp³-hybridized carbons (Fsp3) is 0.200. The molecule has 168 valence electrons. The molecular formula is C25H21NO6S. The Kier molecular flexibility index (Phi) is 4.97. The number of amides is 1. The number of rotatable bonds is 4. The molecule has 1 aliphatic heterocycles. The molecule has 0 spiro atoms. The van der Waals surface area contributed by atoms with Gasteiger partial charge in [-0.1, -0.05) is 30.3 Å². The predicted octanol–water partition coefficient (Wildman–Crippen LogP) is 3.79. The number of fused-ring (bicyclic) bond motifs is 2.